The third-order valence-electron chi connectivity index (χ3n) is 3.78. The van der Waals surface area contributed by atoms with Crippen LogP contribution in [0.15, 0.2) is 41.6 Å². The fraction of sp³-hybridized carbons (Fsp3) is 0.357. The zero-order valence-electron chi connectivity index (χ0n) is 11.9. The van der Waals surface area contributed by atoms with Crippen LogP contribution in [0, 0.1) is 5.82 Å². The Hall–Kier alpha value is -1.77. The van der Waals surface area contributed by atoms with E-state index in [1.165, 1.54) is 33.5 Å². The van der Waals surface area contributed by atoms with Gasteiger partial charge in [-0.15, -0.1) is 0 Å². The van der Waals surface area contributed by atoms with Crippen molar-refractivity contribution in [1.82, 2.24) is 14.1 Å². The molecule has 1 fully saturated rings. The van der Waals surface area contributed by atoms with Crippen molar-refractivity contribution in [3.63, 3.8) is 0 Å². The molecule has 0 saturated carbocycles. The number of aromatic nitrogens is 2. The summed E-state index contributed by atoms with van der Waals surface area (Å²) in [4.78, 5) is 0.0798. The highest BCUT2D eigenvalue weighted by Gasteiger charge is 2.40. The molecule has 1 aliphatic heterocycles. The lowest BCUT2D eigenvalue weighted by Gasteiger charge is -2.23. The minimum absolute atomic E-state index is 0.0132. The van der Waals surface area contributed by atoms with Crippen LogP contribution >= 0.6 is 0 Å². The molecule has 1 N–H and O–H groups in total. The highest BCUT2D eigenvalue weighted by Crippen LogP contribution is 2.36. The molecule has 1 aromatic carbocycles. The van der Waals surface area contributed by atoms with Gasteiger partial charge in [0.15, 0.2) is 0 Å². The minimum atomic E-state index is -3.76. The van der Waals surface area contributed by atoms with Crippen LogP contribution in [0.1, 0.15) is 18.0 Å². The van der Waals surface area contributed by atoms with E-state index in [0.717, 1.165) is 0 Å². The first-order chi connectivity index (χ1) is 10.4. The van der Waals surface area contributed by atoms with Crippen LogP contribution in [0.3, 0.4) is 0 Å². The molecule has 2 heterocycles. The van der Waals surface area contributed by atoms with Gasteiger partial charge < -0.3 is 5.11 Å². The van der Waals surface area contributed by atoms with Crippen LogP contribution in [0.4, 0.5) is 4.39 Å². The highest BCUT2D eigenvalue weighted by atomic mass is 32.2. The number of hydrogen-bond acceptors (Lipinski definition) is 4. The zero-order chi connectivity index (χ0) is 15.9. The first-order valence-corrected chi connectivity index (χ1v) is 8.26. The average molecular weight is 325 g/mol. The van der Waals surface area contributed by atoms with Gasteiger partial charge >= 0.3 is 0 Å². The Bertz CT molecular complexity index is 773. The van der Waals surface area contributed by atoms with Gasteiger partial charge in [0, 0.05) is 19.8 Å². The van der Waals surface area contributed by atoms with Crippen molar-refractivity contribution < 1.29 is 17.9 Å². The van der Waals surface area contributed by atoms with Gasteiger partial charge in [-0.1, -0.05) is 12.1 Å². The second-order valence-corrected chi connectivity index (χ2v) is 7.27. The van der Waals surface area contributed by atoms with Gasteiger partial charge in [0.05, 0.1) is 18.3 Å². The normalized spacial score (nSPS) is 23.0. The van der Waals surface area contributed by atoms with E-state index in [4.69, 9.17) is 0 Å². The minimum Gasteiger partial charge on any atom is -0.392 e. The molecule has 1 saturated heterocycles. The first kappa shape index (κ1) is 15.1. The molecule has 6 nitrogen and oxygen atoms in total. The van der Waals surface area contributed by atoms with Crippen LogP contribution in [0.5, 0.6) is 0 Å². The molecule has 0 spiro atoms. The number of aliphatic hydroxyl groups excluding tert-OH is 1. The maximum absolute atomic E-state index is 13.1. The summed E-state index contributed by atoms with van der Waals surface area (Å²) in [5, 5.41) is 13.8. The molecule has 0 unspecified atom stereocenters. The number of hydrogen-bond donors (Lipinski definition) is 1. The van der Waals surface area contributed by atoms with E-state index in [1.807, 2.05) is 0 Å². The number of aliphatic hydroxyl groups is 1. The van der Waals surface area contributed by atoms with E-state index < -0.39 is 22.2 Å². The second kappa shape index (κ2) is 5.45. The van der Waals surface area contributed by atoms with Gasteiger partial charge in [0.2, 0.25) is 10.0 Å². The lowest BCUT2D eigenvalue weighted by atomic mass is 10.0. The van der Waals surface area contributed by atoms with E-state index in [1.54, 1.807) is 19.2 Å². The Labute approximate surface area is 127 Å². The molecule has 0 amide bonds. The van der Waals surface area contributed by atoms with Gasteiger partial charge in [-0.2, -0.15) is 9.40 Å². The molecular formula is C14H16FN3O3S. The number of sulfonamides is 1. The van der Waals surface area contributed by atoms with Crippen molar-refractivity contribution in [3.8, 4) is 0 Å². The lowest BCUT2D eigenvalue weighted by molar-refractivity contribution is 0.188. The molecule has 1 aromatic heterocycles. The number of β-amino-alcohol motifs (C(OH)–C–C–N with tert-alkyl or cyclic N) is 1. The Morgan fingerprint density at radius 1 is 1.32 bits per heavy atom. The van der Waals surface area contributed by atoms with Crippen molar-refractivity contribution in [2.24, 2.45) is 7.05 Å². The summed E-state index contributed by atoms with van der Waals surface area (Å²) in [5.41, 5.74) is 0.658. The first-order valence-electron chi connectivity index (χ1n) is 6.82. The van der Waals surface area contributed by atoms with Crippen molar-refractivity contribution in [2.75, 3.05) is 6.54 Å². The molecule has 0 bridgehead atoms. The molecule has 0 radical (unpaired) electrons. The summed E-state index contributed by atoms with van der Waals surface area (Å²) >= 11 is 0. The van der Waals surface area contributed by atoms with Gasteiger partial charge in [-0.05, 0) is 24.1 Å². The van der Waals surface area contributed by atoms with Crippen molar-refractivity contribution >= 4 is 10.0 Å². The average Bonchev–Trinajstić information content (AvgIpc) is 3.06. The number of rotatable bonds is 3. The Morgan fingerprint density at radius 3 is 2.59 bits per heavy atom. The van der Waals surface area contributed by atoms with E-state index >= 15 is 0 Å². The summed E-state index contributed by atoms with van der Waals surface area (Å²) in [5.74, 6) is -0.385. The number of aryl methyl sites for hydroxylation is 1. The van der Waals surface area contributed by atoms with Crippen molar-refractivity contribution in [1.29, 1.82) is 0 Å². The van der Waals surface area contributed by atoms with Crippen LogP contribution in [-0.2, 0) is 17.1 Å². The van der Waals surface area contributed by atoms with Crippen LogP contribution in [0.2, 0.25) is 0 Å². The summed E-state index contributed by atoms with van der Waals surface area (Å²) in [6, 6.07) is 5.15. The summed E-state index contributed by atoms with van der Waals surface area (Å²) < 4.78 is 41.2. The van der Waals surface area contributed by atoms with Crippen molar-refractivity contribution in [3.05, 3.63) is 48.0 Å². The molecule has 3 rings (SSSR count). The molecule has 8 heteroatoms. The molecule has 2 atom stereocenters. The fourth-order valence-corrected chi connectivity index (χ4v) is 4.35. The smallest absolute Gasteiger partial charge is 0.246 e. The quantitative estimate of drug-likeness (QED) is 0.915. The van der Waals surface area contributed by atoms with E-state index in [-0.39, 0.29) is 23.7 Å². The van der Waals surface area contributed by atoms with Gasteiger partial charge in [0.1, 0.15) is 10.7 Å². The number of nitrogens with zero attached hydrogens (tertiary/aromatic N) is 3. The molecular weight excluding hydrogens is 309 g/mol. The summed E-state index contributed by atoms with van der Waals surface area (Å²) in [7, 11) is -2.13. The number of halogens is 1. The zero-order valence-corrected chi connectivity index (χ0v) is 12.7. The fourth-order valence-electron chi connectivity index (χ4n) is 2.71. The predicted molar refractivity (Wildman–Crippen MR) is 76.9 cm³/mol. The van der Waals surface area contributed by atoms with Crippen molar-refractivity contribution in [2.45, 2.75) is 23.5 Å². The maximum atomic E-state index is 13.1. The van der Waals surface area contributed by atoms with Crippen LogP contribution in [0.25, 0.3) is 0 Å². The van der Waals surface area contributed by atoms with Gasteiger partial charge in [-0.25, -0.2) is 12.8 Å². The summed E-state index contributed by atoms with van der Waals surface area (Å²) in [6.07, 6.45) is 2.23. The monoisotopic (exact) mass is 325 g/mol. The number of benzene rings is 1. The third-order valence-corrected chi connectivity index (χ3v) is 5.60. The molecule has 2 aromatic rings. The van der Waals surface area contributed by atoms with Gasteiger partial charge in [0.25, 0.3) is 0 Å². The lowest BCUT2D eigenvalue weighted by Crippen LogP contribution is -2.31. The molecule has 22 heavy (non-hydrogen) atoms. The molecule has 0 aliphatic carbocycles. The van der Waals surface area contributed by atoms with E-state index in [9.17, 15) is 17.9 Å². The Kier molecular flexibility index (Phi) is 3.75. The standard InChI is InChI=1S/C14H16FN3O3S/c1-17-9-13(7-16-17)22(20,21)18-8-12(19)6-14(18)10-2-4-11(15)5-3-10/h2-5,7,9,12,14,19H,6,8H2,1H3/t12-,14-/m1/s1. The topological polar surface area (TPSA) is 75.4 Å². The SMILES string of the molecule is Cn1cc(S(=O)(=O)N2C[C@H](O)C[C@@H]2c2ccc(F)cc2)cn1. The second-order valence-electron chi connectivity index (χ2n) is 5.38. The molecule has 118 valence electrons. The highest BCUT2D eigenvalue weighted by molar-refractivity contribution is 7.89. The van der Waals surface area contributed by atoms with E-state index in [0.29, 0.717) is 5.56 Å². The molecule has 1 aliphatic rings. The summed E-state index contributed by atoms with van der Waals surface area (Å²) in [6.45, 7) is 0.0132. The van der Waals surface area contributed by atoms with E-state index in [2.05, 4.69) is 5.10 Å². The maximum Gasteiger partial charge on any atom is 0.246 e. The van der Waals surface area contributed by atoms with Crippen LogP contribution < -0.4 is 0 Å². The predicted octanol–water partition coefficient (Wildman–Crippen LogP) is 1.06. The van der Waals surface area contributed by atoms with Crippen LogP contribution in [-0.4, -0.2) is 40.3 Å². The Balaban J connectivity index is 1.98. The Morgan fingerprint density at radius 2 is 2.00 bits per heavy atom. The largest absolute Gasteiger partial charge is 0.392 e. The van der Waals surface area contributed by atoms with Gasteiger partial charge in [-0.3, -0.25) is 4.68 Å². The third kappa shape index (κ3) is 2.65.